The molecule has 1 rings (SSSR count). The third-order valence-corrected chi connectivity index (χ3v) is 2.22. The van der Waals surface area contributed by atoms with E-state index < -0.39 is 12.2 Å². The van der Waals surface area contributed by atoms with E-state index in [1.165, 1.54) is 7.05 Å². The number of hydrogen-bond donors (Lipinski definition) is 1. The van der Waals surface area contributed by atoms with Crippen molar-refractivity contribution < 1.29 is 13.2 Å². The number of aromatic nitrogens is 2. The maximum absolute atomic E-state index is 12.3. The molecule has 15 heavy (non-hydrogen) atoms. The van der Waals surface area contributed by atoms with Gasteiger partial charge in [-0.2, -0.15) is 18.3 Å². The molecule has 0 bridgehead atoms. The smallest absolute Gasteiger partial charge is 0.309 e. The van der Waals surface area contributed by atoms with Gasteiger partial charge in [-0.3, -0.25) is 4.68 Å². The van der Waals surface area contributed by atoms with E-state index in [2.05, 4.69) is 10.4 Å². The average Bonchev–Trinajstić information content (AvgIpc) is 2.50. The van der Waals surface area contributed by atoms with E-state index in [0.717, 1.165) is 5.56 Å². The molecule has 0 amide bonds. The van der Waals surface area contributed by atoms with Crippen LogP contribution in [0, 0.1) is 0 Å². The molecule has 0 aliphatic heterocycles. The molecule has 1 aromatic rings. The molecular weight excluding hydrogens is 207 g/mol. The van der Waals surface area contributed by atoms with Crippen LogP contribution in [-0.2, 0) is 13.5 Å². The van der Waals surface area contributed by atoms with Gasteiger partial charge in [0.15, 0.2) is 0 Å². The Morgan fingerprint density at radius 1 is 1.53 bits per heavy atom. The summed E-state index contributed by atoms with van der Waals surface area (Å²) in [6, 6.07) is -1.45. The van der Waals surface area contributed by atoms with Gasteiger partial charge in [0, 0.05) is 13.2 Å². The van der Waals surface area contributed by atoms with Crippen LogP contribution in [0.15, 0.2) is 12.4 Å². The summed E-state index contributed by atoms with van der Waals surface area (Å²) in [7, 11) is 3.06. The Balaban J connectivity index is 2.48. The lowest BCUT2D eigenvalue weighted by Crippen LogP contribution is -2.40. The van der Waals surface area contributed by atoms with Crippen LogP contribution in [0.1, 0.15) is 12.0 Å². The molecule has 0 saturated carbocycles. The molecule has 0 aliphatic rings. The first-order valence-electron chi connectivity index (χ1n) is 4.65. The van der Waals surface area contributed by atoms with Gasteiger partial charge >= 0.3 is 6.18 Å². The minimum Gasteiger partial charge on any atom is -0.309 e. The number of nitrogens with one attached hydrogen (secondary N) is 1. The summed E-state index contributed by atoms with van der Waals surface area (Å²) in [5.74, 6) is 0. The van der Waals surface area contributed by atoms with Crippen molar-refractivity contribution in [3.05, 3.63) is 18.0 Å². The minimum absolute atomic E-state index is 0.0334. The molecule has 86 valence electrons. The average molecular weight is 221 g/mol. The number of hydrogen-bond acceptors (Lipinski definition) is 2. The quantitative estimate of drug-likeness (QED) is 0.835. The van der Waals surface area contributed by atoms with Gasteiger partial charge < -0.3 is 5.32 Å². The first kappa shape index (κ1) is 12.0. The fourth-order valence-electron chi connectivity index (χ4n) is 1.38. The molecular formula is C9H14F3N3. The van der Waals surface area contributed by atoms with Crippen LogP contribution in [0.5, 0.6) is 0 Å². The molecule has 0 radical (unpaired) electrons. The molecule has 6 heteroatoms. The second-order valence-corrected chi connectivity index (χ2v) is 3.44. The summed E-state index contributed by atoms with van der Waals surface area (Å²) in [6.45, 7) is 0. The van der Waals surface area contributed by atoms with E-state index in [9.17, 15) is 13.2 Å². The monoisotopic (exact) mass is 221 g/mol. The van der Waals surface area contributed by atoms with Crippen molar-refractivity contribution in [1.82, 2.24) is 15.1 Å². The van der Waals surface area contributed by atoms with Crippen LogP contribution in [0.25, 0.3) is 0 Å². The Morgan fingerprint density at radius 3 is 2.60 bits per heavy atom. The van der Waals surface area contributed by atoms with Gasteiger partial charge in [0.25, 0.3) is 0 Å². The Bertz CT molecular complexity index is 306. The van der Waals surface area contributed by atoms with Crippen LogP contribution < -0.4 is 5.32 Å². The van der Waals surface area contributed by atoms with Gasteiger partial charge in [-0.1, -0.05) is 0 Å². The number of aryl methyl sites for hydroxylation is 2. The second-order valence-electron chi connectivity index (χ2n) is 3.44. The number of halogens is 3. The van der Waals surface area contributed by atoms with Crippen molar-refractivity contribution in [2.75, 3.05) is 7.05 Å². The zero-order chi connectivity index (χ0) is 11.5. The Kier molecular flexibility index (Phi) is 3.73. The van der Waals surface area contributed by atoms with Crippen molar-refractivity contribution in [2.24, 2.45) is 7.05 Å². The number of rotatable bonds is 4. The summed E-state index contributed by atoms with van der Waals surface area (Å²) in [5, 5.41) is 6.16. The Labute approximate surface area is 86.3 Å². The van der Waals surface area contributed by atoms with Crippen molar-refractivity contribution in [1.29, 1.82) is 0 Å². The molecule has 1 unspecified atom stereocenters. The zero-order valence-corrected chi connectivity index (χ0v) is 8.67. The van der Waals surface area contributed by atoms with Crippen molar-refractivity contribution in [2.45, 2.75) is 25.1 Å². The van der Waals surface area contributed by atoms with Gasteiger partial charge in [0.05, 0.1) is 6.20 Å². The maximum atomic E-state index is 12.3. The molecule has 1 atom stereocenters. The highest BCUT2D eigenvalue weighted by Gasteiger charge is 2.37. The second kappa shape index (κ2) is 4.65. The van der Waals surface area contributed by atoms with Crippen LogP contribution in [0.2, 0.25) is 0 Å². The summed E-state index contributed by atoms with van der Waals surface area (Å²) in [6.07, 6.45) is -0.465. The summed E-state index contributed by atoms with van der Waals surface area (Å²) >= 11 is 0. The molecule has 0 fully saturated rings. The molecule has 0 saturated heterocycles. The van der Waals surface area contributed by atoms with Crippen molar-refractivity contribution in [3.63, 3.8) is 0 Å². The lowest BCUT2D eigenvalue weighted by atomic mass is 10.1. The van der Waals surface area contributed by atoms with Crippen LogP contribution in [-0.4, -0.2) is 29.0 Å². The summed E-state index contributed by atoms with van der Waals surface area (Å²) in [5.41, 5.74) is 0.821. The summed E-state index contributed by atoms with van der Waals surface area (Å²) < 4.78 is 38.6. The molecule has 1 heterocycles. The van der Waals surface area contributed by atoms with Crippen LogP contribution >= 0.6 is 0 Å². The maximum Gasteiger partial charge on any atom is 0.403 e. The van der Waals surface area contributed by atoms with Crippen LogP contribution in [0.3, 0.4) is 0 Å². The topological polar surface area (TPSA) is 29.9 Å². The SMILES string of the molecule is CNC(CCc1cnn(C)c1)C(F)(F)F. The first-order chi connectivity index (χ1) is 6.93. The predicted octanol–water partition coefficient (Wildman–Crippen LogP) is 1.50. The van der Waals surface area contributed by atoms with Gasteiger partial charge in [-0.25, -0.2) is 0 Å². The van der Waals surface area contributed by atoms with E-state index in [1.54, 1.807) is 24.1 Å². The van der Waals surface area contributed by atoms with E-state index >= 15 is 0 Å². The van der Waals surface area contributed by atoms with Gasteiger partial charge in [0.1, 0.15) is 6.04 Å². The fourth-order valence-corrected chi connectivity index (χ4v) is 1.38. The molecule has 1 aromatic heterocycles. The Hall–Kier alpha value is -1.04. The number of nitrogens with zero attached hydrogens (tertiary/aromatic N) is 2. The first-order valence-corrected chi connectivity index (χ1v) is 4.65. The van der Waals surface area contributed by atoms with Gasteiger partial charge in [-0.05, 0) is 25.5 Å². The van der Waals surface area contributed by atoms with Crippen molar-refractivity contribution >= 4 is 0 Å². The fraction of sp³-hybridized carbons (Fsp3) is 0.667. The highest BCUT2D eigenvalue weighted by Crippen LogP contribution is 2.23. The van der Waals surface area contributed by atoms with Gasteiger partial charge in [0.2, 0.25) is 0 Å². The van der Waals surface area contributed by atoms with E-state index in [-0.39, 0.29) is 6.42 Å². The molecule has 0 aromatic carbocycles. The minimum atomic E-state index is -4.18. The standard InChI is InChI=1S/C9H14F3N3/c1-13-8(9(10,11)12)4-3-7-5-14-15(2)6-7/h5-6,8,13H,3-4H2,1-2H3. The molecule has 3 nitrogen and oxygen atoms in total. The Morgan fingerprint density at radius 2 is 2.20 bits per heavy atom. The third-order valence-electron chi connectivity index (χ3n) is 2.22. The predicted molar refractivity (Wildman–Crippen MR) is 50.4 cm³/mol. The van der Waals surface area contributed by atoms with E-state index in [0.29, 0.717) is 6.42 Å². The highest BCUT2D eigenvalue weighted by atomic mass is 19.4. The number of alkyl halides is 3. The molecule has 0 spiro atoms. The molecule has 0 aliphatic carbocycles. The van der Waals surface area contributed by atoms with E-state index in [4.69, 9.17) is 0 Å². The molecule has 1 N–H and O–H groups in total. The summed E-state index contributed by atoms with van der Waals surface area (Å²) in [4.78, 5) is 0. The van der Waals surface area contributed by atoms with Crippen molar-refractivity contribution in [3.8, 4) is 0 Å². The van der Waals surface area contributed by atoms with Crippen LogP contribution in [0.4, 0.5) is 13.2 Å². The lowest BCUT2D eigenvalue weighted by Gasteiger charge is -2.18. The van der Waals surface area contributed by atoms with Gasteiger partial charge in [-0.15, -0.1) is 0 Å². The normalized spacial score (nSPS) is 14.2. The zero-order valence-electron chi connectivity index (χ0n) is 8.67. The largest absolute Gasteiger partial charge is 0.403 e. The lowest BCUT2D eigenvalue weighted by molar-refractivity contribution is -0.155. The highest BCUT2D eigenvalue weighted by molar-refractivity contribution is 5.04. The van der Waals surface area contributed by atoms with E-state index in [1.807, 2.05) is 0 Å². The third kappa shape index (κ3) is 3.54.